The highest BCUT2D eigenvalue weighted by Gasteiger charge is 2.03. The lowest BCUT2D eigenvalue weighted by molar-refractivity contribution is 0.146. The molecule has 0 bridgehead atoms. The van der Waals surface area contributed by atoms with Gasteiger partial charge in [0.15, 0.2) is 0 Å². The first-order valence-corrected chi connectivity index (χ1v) is 7.05. The molecule has 0 spiro atoms. The van der Waals surface area contributed by atoms with Crippen molar-refractivity contribution in [2.75, 3.05) is 25.6 Å². The van der Waals surface area contributed by atoms with Gasteiger partial charge in [-0.15, -0.1) is 0 Å². The third-order valence-corrected chi connectivity index (χ3v) is 3.13. The van der Waals surface area contributed by atoms with E-state index in [1.807, 2.05) is 43.3 Å². The van der Waals surface area contributed by atoms with Crippen LogP contribution >= 0.6 is 12.2 Å². The first kappa shape index (κ1) is 15.4. The van der Waals surface area contributed by atoms with Crippen LogP contribution in [0.25, 0.3) is 0 Å². The summed E-state index contributed by atoms with van der Waals surface area (Å²) < 4.78 is 10.4. The molecule has 21 heavy (non-hydrogen) atoms. The Morgan fingerprint density at radius 1 is 1.19 bits per heavy atom. The number of hydrogen-bond acceptors (Lipinski definition) is 4. The predicted molar refractivity (Wildman–Crippen MR) is 88.1 cm³/mol. The van der Waals surface area contributed by atoms with Crippen molar-refractivity contribution in [1.29, 1.82) is 0 Å². The fourth-order valence-electron chi connectivity index (χ4n) is 1.73. The average molecular weight is 302 g/mol. The van der Waals surface area contributed by atoms with Gasteiger partial charge in [-0.2, -0.15) is 0 Å². The SMILES string of the molecule is COCCOc1ccc(NC(=S)c2cc(C)ccn2)cc1. The smallest absolute Gasteiger partial charge is 0.129 e. The molecule has 0 unspecified atom stereocenters. The van der Waals surface area contributed by atoms with E-state index in [1.165, 1.54) is 0 Å². The third kappa shape index (κ3) is 4.81. The van der Waals surface area contributed by atoms with Crippen molar-refractivity contribution in [1.82, 2.24) is 4.98 Å². The molecule has 1 N–H and O–H groups in total. The van der Waals surface area contributed by atoms with Crippen LogP contribution in [-0.2, 0) is 4.74 Å². The van der Waals surface area contributed by atoms with Crippen LogP contribution in [0.2, 0.25) is 0 Å². The second-order valence-electron chi connectivity index (χ2n) is 4.54. The van der Waals surface area contributed by atoms with E-state index < -0.39 is 0 Å². The summed E-state index contributed by atoms with van der Waals surface area (Å²) in [5.74, 6) is 0.803. The highest BCUT2D eigenvalue weighted by Crippen LogP contribution is 2.16. The van der Waals surface area contributed by atoms with Crippen molar-refractivity contribution in [3.05, 3.63) is 53.9 Å². The lowest BCUT2D eigenvalue weighted by Crippen LogP contribution is -2.12. The molecule has 0 amide bonds. The Morgan fingerprint density at radius 3 is 2.62 bits per heavy atom. The molecule has 0 aliphatic heterocycles. The zero-order valence-electron chi connectivity index (χ0n) is 12.1. The van der Waals surface area contributed by atoms with Gasteiger partial charge in [-0.05, 0) is 48.9 Å². The highest BCUT2D eigenvalue weighted by molar-refractivity contribution is 7.81. The molecule has 0 radical (unpaired) electrons. The minimum atomic E-state index is 0.537. The number of methoxy groups -OCH3 is 1. The predicted octanol–water partition coefficient (Wildman–Crippen LogP) is 3.20. The lowest BCUT2D eigenvalue weighted by Gasteiger charge is -2.09. The average Bonchev–Trinajstić information content (AvgIpc) is 2.49. The Labute approximate surface area is 130 Å². The molecule has 0 saturated heterocycles. The van der Waals surface area contributed by atoms with E-state index in [0.717, 1.165) is 22.7 Å². The van der Waals surface area contributed by atoms with E-state index in [0.29, 0.717) is 18.2 Å². The number of anilines is 1. The number of thiocarbonyl (C=S) groups is 1. The number of pyridine rings is 1. The van der Waals surface area contributed by atoms with Gasteiger partial charge in [0.05, 0.1) is 12.3 Å². The molecule has 1 aromatic carbocycles. The second-order valence-corrected chi connectivity index (χ2v) is 4.95. The van der Waals surface area contributed by atoms with Gasteiger partial charge in [-0.25, -0.2) is 0 Å². The Kier molecular flexibility index (Phi) is 5.66. The number of benzene rings is 1. The number of aromatic nitrogens is 1. The van der Waals surface area contributed by atoms with Crippen LogP contribution in [-0.4, -0.2) is 30.3 Å². The summed E-state index contributed by atoms with van der Waals surface area (Å²) in [6.07, 6.45) is 1.76. The monoisotopic (exact) mass is 302 g/mol. The fourth-order valence-corrected chi connectivity index (χ4v) is 1.96. The molecule has 0 saturated carbocycles. The number of hydrogen-bond donors (Lipinski definition) is 1. The van der Waals surface area contributed by atoms with Crippen molar-refractivity contribution >= 4 is 22.9 Å². The van der Waals surface area contributed by atoms with E-state index in [-0.39, 0.29) is 0 Å². The van der Waals surface area contributed by atoms with Crippen LogP contribution < -0.4 is 10.1 Å². The Balaban J connectivity index is 1.95. The molecule has 0 fully saturated rings. The number of aryl methyl sites for hydroxylation is 1. The number of ether oxygens (including phenoxy) is 2. The Morgan fingerprint density at radius 2 is 1.95 bits per heavy atom. The van der Waals surface area contributed by atoms with E-state index in [4.69, 9.17) is 21.7 Å². The summed E-state index contributed by atoms with van der Waals surface area (Å²) in [4.78, 5) is 4.86. The van der Waals surface area contributed by atoms with Crippen LogP contribution in [0.3, 0.4) is 0 Å². The zero-order valence-corrected chi connectivity index (χ0v) is 12.9. The quantitative estimate of drug-likeness (QED) is 0.655. The molecule has 1 aromatic heterocycles. The standard InChI is InChI=1S/C16H18N2O2S/c1-12-7-8-17-15(11-12)16(21)18-13-3-5-14(6-4-13)20-10-9-19-2/h3-8,11H,9-10H2,1-2H3,(H,18,21). The molecule has 0 aliphatic rings. The molecule has 2 aromatic rings. The van der Waals surface area contributed by atoms with Gasteiger partial charge in [0.2, 0.25) is 0 Å². The normalized spacial score (nSPS) is 10.2. The first-order valence-electron chi connectivity index (χ1n) is 6.65. The molecular weight excluding hydrogens is 284 g/mol. The first-order chi connectivity index (χ1) is 10.2. The van der Waals surface area contributed by atoms with Gasteiger partial charge in [-0.3, -0.25) is 4.98 Å². The van der Waals surface area contributed by atoms with Gasteiger partial charge in [0, 0.05) is 19.0 Å². The molecule has 0 aliphatic carbocycles. The topological polar surface area (TPSA) is 43.4 Å². The van der Waals surface area contributed by atoms with Crippen molar-refractivity contribution < 1.29 is 9.47 Å². The maximum absolute atomic E-state index is 5.51. The van der Waals surface area contributed by atoms with E-state index in [9.17, 15) is 0 Å². The lowest BCUT2D eigenvalue weighted by atomic mass is 10.2. The van der Waals surface area contributed by atoms with Crippen molar-refractivity contribution in [3.8, 4) is 5.75 Å². The van der Waals surface area contributed by atoms with Crippen molar-refractivity contribution in [2.24, 2.45) is 0 Å². The maximum atomic E-state index is 5.51. The van der Waals surface area contributed by atoms with Crippen molar-refractivity contribution in [2.45, 2.75) is 6.92 Å². The van der Waals surface area contributed by atoms with E-state index in [1.54, 1.807) is 13.3 Å². The molecular formula is C16H18N2O2S. The summed E-state index contributed by atoms with van der Waals surface area (Å²) >= 11 is 5.36. The van der Waals surface area contributed by atoms with E-state index >= 15 is 0 Å². The molecule has 0 atom stereocenters. The molecule has 4 nitrogen and oxygen atoms in total. The minimum Gasteiger partial charge on any atom is -0.491 e. The Hall–Kier alpha value is -1.98. The summed E-state index contributed by atoms with van der Waals surface area (Å²) in [6.45, 7) is 3.12. The summed E-state index contributed by atoms with van der Waals surface area (Å²) in [5.41, 5.74) is 2.80. The van der Waals surface area contributed by atoms with Crippen LogP contribution in [0, 0.1) is 6.92 Å². The molecule has 2 rings (SSSR count). The molecule has 1 heterocycles. The van der Waals surface area contributed by atoms with Gasteiger partial charge in [0.1, 0.15) is 17.3 Å². The summed E-state index contributed by atoms with van der Waals surface area (Å²) in [5, 5.41) is 3.17. The minimum absolute atomic E-state index is 0.537. The number of nitrogens with zero attached hydrogens (tertiary/aromatic N) is 1. The number of rotatable bonds is 6. The van der Waals surface area contributed by atoms with Crippen LogP contribution in [0.15, 0.2) is 42.6 Å². The van der Waals surface area contributed by atoms with E-state index in [2.05, 4.69) is 10.3 Å². The zero-order chi connectivity index (χ0) is 15.1. The van der Waals surface area contributed by atoms with Gasteiger partial charge in [-0.1, -0.05) is 12.2 Å². The van der Waals surface area contributed by atoms with Crippen molar-refractivity contribution in [3.63, 3.8) is 0 Å². The second kappa shape index (κ2) is 7.71. The molecule has 110 valence electrons. The largest absolute Gasteiger partial charge is 0.491 e. The van der Waals surface area contributed by atoms with Crippen LogP contribution in [0.4, 0.5) is 5.69 Å². The van der Waals surface area contributed by atoms with Gasteiger partial charge >= 0.3 is 0 Å². The van der Waals surface area contributed by atoms with Gasteiger partial charge in [0.25, 0.3) is 0 Å². The summed E-state index contributed by atoms with van der Waals surface area (Å²) in [7, 11) is 1.65. The van der Waals surface area contributed by atoms with Gasteiger partial charge < -0.3 is 14.8 Å². The highest BCUT2D eigenvalue weighted by atomic mass is 32.1. The Bertz CT molecular complexity index is 599. The molecule has 5 heteroatoms. The number of nitrogens with one attached hydrogen (secondary N) is 1. The maximum Gasteiger partial charge on any atom is 0.129 e. The summed E-state index contributed by atoms with van der Waals surface area (Å²) in [6, 6.07) is 11.5. The van der Waals surface area contributed by atoms with Crippen LogP contribution in [0.5, 0.6) is 5.75 Å². The fraction of sp³-hybridized carbons (Fsp3) is 0.250. The van der Waals surface area contributed by atoms with Crippen LogP contribution in [0.1, 0.15) is 11.3 Å². The third-order valence-electron chi connectivity index (χ3n) is 2.82.